The van der Waals surface area contributed by atoms with Crippen LogP contribution in [0.25, 0.3) is 6.08 Å². The summed E-state index contributed by atoms with van der Waals surface area (Å²) in [7, 11) is 1.32. The Morgan fingerprint density at radius 3 is 2.57 bits per heavy atom. The topological polar surface area (TPSA) is 77.5 Å². The molecule has 1 amide bonds. The molecule has 2 aromatic carbocycles. The van der Waals surface area contributed by atoms with Crippen LogP contribution in [-0.2, 0) is 16.1 Å². The molecule has 6 nitrogen and oxygen atoms in total. The highest BCUT2D eigenvalue weighted by molar-refractivity contribution is 6.03. The molecule has 1 aromatic heterocycles. The second-order valence-electron chi connectivity index (χ2n) is 6.52. The minimum Gasteiger partial charge on any atom is -0.487 e. The number of rotatable bonds is 7. The summed E-state index contributed by atoms with van der Waals surface area (Å²) in [6.07, 6.45) is 4.87. The van der Waals surface area contributed by atoms with E-state index in [0.717, 1.165) is 22.6 Å². The number of pyridine rings is 1. The largest absolute Gasteiger partial charge is 0.487 e. The number of benzene rings is 2. The molecule has 0 radical (unpaired) electrons. The number of methoxy groups -OCH3 is 1. The summed E-state index contributed by atoms with van der Waals surface area (Å²) in [6, 6.07) is 18.1. The average Bonchev–Trinajstić information content (AvgIpc) is 2.78. The van der Waals surface area contributed by atoms with E-state index in [1.165, 1.54) is 13.2 Å². The molecule has 1 N–H and O–H groups in total. The quantitative estimate of drug-likeness (QED) is 0.468. The van der Waals surface area contributed by atoms with Gasteiger partial charge in [0.2, 0.25) is 5.91 Å². The first kappa shape index (κ1) is 20.8. The molecular weight excluding hydrogens is 380 g/mol. The van der Waals surface area contributed by atoms with Crippen LogP contribution < -0.4 is 10.1 Å². The predicted molar refractivity (Wildman–Crippen MR) is 115 cm³/mol. The third kappa shape index (κ3) is 5.78. The molecule has 3 aromatic rings. The Morgan fingerprint density at radius 1 is 1.07 bits per heavy atom. The fraction of sp³-hybridized carbons (Fsp3) is 0.125. The third-order valence-corrected chi connectivity index (χ3v) is 4.34. The first-order chi connectivity index (χ1) is 14.5. The van der Waals surface area contributed by atoms with E-state index in [9.17, 15) is 9.59 Å². The lowest BCUT2D eigenvalue weighted by Gasteiger charge is -2.08. The fourth-order valence-corrected chi connectivity index (χ4v) is 2.66. The molecule has 0 aliphatic heterocycles. The summed E-state index contributed by atoms with van der Waals surface area (Å²) in [5.41, 5.74) is 3.49. The molecule has 152 valence electrons. The van der Waals surface area contributed by atoms with Gasteiger partial charge >= 0.3 is 5.97 Å². The van der Waals surface area contributed by atoms with Gasteiger partial charge in [0.1, 0.15) is 12.4 Å². The van der Waals surface area contributed by atoms with E-state index in [1.807, 2.05) is 49.4 Å². The van der Waals surface area contributed by atoms with E-state index in [4.69, 9.17) is 9.47 Å². The van der Waals surface area contributed by atoms with Crippen LogP contribution in [0.5, 0.6) is 5.75 Å². The van der Waals surface area contributed by atoms with E-state index in [-0.39, 0.29) is 5.91 Å². The number of carbonyl (C=O) groups is 2. The first-order valence-corrected chi connectivity index (χ1v) is 9.36. The predicted octanol–water partition coefficient (Wildman–Crippen LogP) is 4.41. The SMILES string of the molecule is COC(=O)c1ccc(C)c(NC(=O)/C=C/c2ccc(OCc3ccccn3)cc2)c1. The molecule has 0 saturated carbocycles. The van der Waals surface area contributed by atoms with Crippen LogP contribution in [0, 0.1) is 6.92 Å². The van der Waals surface area contributed by atoms with Gasteiger partial charge in [-0.1, -0.05) is 24.3 Å². The number of hydrogen-bond donors (Lipinski definition) is 1. The van der Waals surface area contributed by atoms with E-state index in [0.29, 0.717) is 17.9 Å². The van der Waals surface area contributed by atoms with Crippen molar-refractivity contribution in [2.24, 2.45) is 0 Å². The number of carbonyl (C=O) groups excluding carboxylic acids is 2. The zero-order valence-corrected chi connectivity index (χ0v) is 16.8. The van der Waals surface area contributed by atoms with Crippen LogP contribution >= 0.6 is 0 Å². The molecule has 30 heavy (non-hydrogen) atoms. The van der Waals surface area contributed by atoms with Gasteiger partial charge < -0.3 is 14.8 Å². The van der Waals surface area contributed by atoms with Crippen molar-refractivity contribution in [1.82, 2.24) is 4.98 Å². The van der Waals surface area contributed by atoms with Gasteiger partial charge in [0, 0.05) is 18.0 Å². The standard InChI is InChI=1S/C24H22N2O4/c1-17-6-10-19(24(28)29-2)15-22(17)26-23(27)13-9-18-7-11-21(12-8-18)30-16-20-5-3-4-14-25-20/h3-15H,16H2,1-2H3,(H,26,27)/b13-9+. The minimum absolute atomic E-state index is 0.296. The van der Waals surface area contributed by atoms with Crippen molar-refractivity contribution in [3.8, 4) is 5.75 Å². The van der Waals surface area contributed by atoms with Crippen molar-refractivity contribution in [2.45, 2.75) is 13.5 Å². The molecule has 0 spiro atoms. The van der Waals surface area contributed by atoms with Crippen LogP contribution in [0.4, 0.5) is 5.69 Å². The molecule has 6 heteroatoms. The Kier molecular flexibility index (Phi) is 6.95. The summed E-state index contributed by atoms with van der Waals surface area (Å²) in [5, 5.41) is 2.78. The van der Waals surface area contributed by atoms with Crippen molar-refractivity contribution >= 4 is 23.6 Å². The van der Waals surface area contributed by atoms with Crippen molar-refractivity contribution in [3.05, 3.63) is 95.3 Å². The minimum atomic E-state index is -0.452. The van der Waals surface area contributed by atoms with Crippen LogP contribution in [0.15, 0.2) is 72.9 Å². The number of aromatic nitrogens is 1. The number of amides is 1. The number of anilines is 1. The molecule has 0 unspecified atom stereocenters. The van der Waals surface area contributed by atoms with Gasteiger partial charge in [0.15, 0.2) is 0 Å². The monoisotopic (exact) mass is 402 g/mol. The van der Waals surface area contributed by atoms with Crippen molar-refractivity contribution in [1.29, 1.82) is 0 Å². The zero-order valence-electron chi connectivity index (χ0n) is 16.8. The molecule has 0 aliphatic carbocycles. The van der Waals surface area contributed by atoms with Gasteiger partial charge in [-0.25, -0.2) is 4.79 Å². The van der Waals surface area contributed by atoms with Crippen molar-refractivity contribution < 1.29 is 19.1 Å². The summed E-state index contributed by atoms with van der Waals surface area (Å²) in [5.74, 6) is -0.0282. The lowest BCUT2D eigenvalue weighted by atomic mass is 10.1. The van der Waals surface area contributed by atoms with Crippen LogP contribution in [0.3, 0.4) is 0 Å². The number of nitrogens with zero attached hydrogens (tertiary/aromatic N) is 1. The summed E-state index contributed by atoms with van der Waals surface area (Å²) < 4.78 is 10.4. The molecule has 3 rings (SSSR count). The Balaban J connectivity index is 1.58. The summed E-state index contributed by atoms with van der Waals surface area (Å²) in [6.45, 7) is 2.24. The fourth-order valence-electron chi connectivity index (χ4n) is 2.66. The van der Waals surface area contributed by atoms with Crippen molar-refractivity contribution in [2.75, 3.05) is 12.4 Å². The number of esters is 1. The average molecular weight is 402 g/mol. The van der Waals surface area contributed by atoms with Gasteiger partial charge in [-0.3, -0.25) is 9.78 Å². The van der Waals surface area contributed by atoms with Crippen molar-refractivity contribution in [3.63, 3.8) is 0 Å². The van der Waals surface area contributed by atoms with Gasteiger partial charge in [-0.2, -0.15) is 0 Å². The van der Waals surface area contributed by atoms with E-state index < -0.39 is 5.97 Å². The third-order valence-electron chi connectivity index (χ3n) is 4.34. The smallest absolute Gasteiger partial charge is 0.337 e. The molecule has 0 atom stereocenters. The van der Waals surface area contributed by atoms with E-state index in [2.05, 4.69) is 10.3 Å². The molecular formula is C24H22N2O4. The number of nitrogens with one attached hydrogen (secondary N) is 1. The van der Waals surface area contributed by atoms with Gasteiger partial charge in [0.05, 0.1) is 18.4 Å². The maximum Gasteiger partial charge on any atom is 0.337 e. The second kappa shape index (κ2) is 10.0. The van der Waals surface area contributed by atoms with Gasteiger partial charge in [-0.15, -0.1) is 0 Å². The van der Waals surface area contributed by atoms with Crippen LogP contribution in [0.2, 0.25) is 0 Å². The molecule has 1 heterocycles. The molecule has 0 saturated heterocycles. The van der Waals surface area contributed by atoms with Crippen LogP contribution in [-0.4, -0.2) is 24.0 Å². The lowest BCUT2D eigenvalue weighted by molar-refractivity contribution is -0.111. The highest BCUT2D eigenvalue weighted by Crippen LogP contribution is 2.18. The Morgan fingerprint density at radius 2 is 1.87 bits per heavy atom. The normalized spacial score (nSPS) is 10.6. The molecule has 0 fully saturated rings. The van der Waals surface area contributed by atoms with Gasteiger partial charge in [0.25, 0.3) is 0 Å². The summed E-state index contributed by atoms with van der Waals surface area (Å²) in [4.78, 5) is 28.1. The van der Waals surface area contributed by atoms with E-state index >= 15 is 0 Å². The molecule has 0 bridgehead atoms. The Hall–Kier alpha value is -3.93. The zero-order chi connectivity index (χ0) is 21.3. The second-order valence-corrected chi connectivity index (χ2v) is 6.52. The maximum absolute atomic E-state index is 12.3. The number of hydrogen-bond acceptors (Lipinski definition) is 5. The van der Waals surface area contributed by atoms with Crippen LogP contribution in [0.1, 0.15) is 27.2 Å². The Labute approximate surface area is 175 Å². The Bertz CT molecular complexity index is 1040. The summed E-state index contributed by atoms with van der Waals surface area (Å²) >= 11 is 0. The van der Waals surface area contributed by atoms with Gasteiger partial charge in [-0.05, 0) is 60.5 Å². The molecule has 0 aliphatic rings. The number of ether oxygens (including phenoxy) is 2. The maximum atomic E-state index is 12.3. The highest BCUT2D eigenvalue weighted by atomic mass is 16.5. The lowest BCUT2D eigenvalue weighted by Crippen LogP contribution is -2.10. The first-order valence-electron chi connectivity index (χ1n) is 9.36. The van der Waals surface area contributed by atoms with E-state index in [1.54, 1.807) is 30.5 Å². The highest BCUT2D eigenvalue weighted by Gasteiger charge is 2.09. The number of aryl methyl sites for hydroxylation is 1.